The first-order chi connectivity index (χ1) is 9.94. The highest BCUT2D eigenvalue weighted by atomic mass is 32.2. The van der Waals surface area contributed by atoms with E-state index >= 15 is 0 Å². The van der Waals surface area contributed by atoms with Gasteiger partial charge in [0.15, 0.2) is 0 Å². The molecule has 0 spiro atoms. The van der Waals surface area contributed by atoms with Gasteiger partial charge in [0, 0.05) is 18.2 Å². The lowest BCUT2D eigenvalue weighted by atomic mass is 10.2. The Morgan fingerprint density at radius 2 is 1.43 bits per heavy atom. The van der Waals surface area contributed by atoms with E-state index in [4.69, 9.17) is 9.47 Å². The van der Waals surface area contributed by atoms with Crippen LogP contribution in [-0.4, -0.2) is 22.6 Å². The number of hydrogen-bond acceptors (Lipinski definition) is 4. The summed E-state index contributed by atoms with van der Waals surface area (Å²) in [6.45, 7) is 1.90. The van der Waals surface area contributed by atoms with Crippen LogP contribution in [0.15, 0.2) is 47.4 Å². The first-order valence-corrected chi connectivity index (χ1v) is 7.75. The third-order valence-electron chi connectivity index (χ3n) is 2.93. The number of anilines is 1. The Hall–Kier alpha value is -2.21. The fraction of sp³-hybridized carbons (Fsp3) is 0.200. The fourth-order valence-corrected chi connectivity index (χ4v) is 2.84. The van der Waals surface area contributed by atoms with Gasteiger partial charge in [0.05, 0.1) is 24.8 Å². The molecule has 0 amide bonds. The van der Waals surface area contributed by atoms with Crippen molar-refractivity contribution in [1.82, 2.24) is 0 Å². The molecule has 1 N–H and O–H groups in total. The topological polar surface area (TPSA) is 64.6 Å². The van der Waals surface area contributed by atoms with Gasteiger partial charge >= 0.3 is 0 Å². The molecule has 0 aliphatic rings. The van der Waals surface area contributed by atoms with Crippen LogP contribution in [0.25, 0.3) is 0 Å². The molecule has 0 aliphatic carbocycles. The Labute approximate surface area is 124 Å². The van der Waals surface area contributed by atoms with Crippen molar-refractivity contribution in [2.45, 2.75) is 11.8 Å². The number of sulfonamides is 1. The van der Waals surface area contributed by atoms with Crippen LogP contribution in [0.1, 0.15) is 5.56 Å². The average molecular weight is 307 g/mol. The molecule has 6 heteroatoms. The van der Waals surface area contributed by atoms with Gasteiger partial charge in [-0.05, 0) is 19.1 Å². The third-order valence-corrected chi connectivity index (χ3v) is 4.33. The minimum absolute atomic E-state index is 0.204. The Balaban J connectivity index is 2.34. The van der Waals surface area contributed by atoms with E-state index in [2.05, 4.69) is 4.72 Å². The number of ether oxygens (including phenoxy) is 2. The van der Waals surface area contributed by atoms with E-state index in [0.717, 1.165) is 5.56 Å². The molecular weight excluding hydrogens is 290 g/mol. The number of hydrogen-bond donors (Lipinski definition) is 1. The summed E-state index contributed by atoms with van der Waals surface area (Å²) in [5.74, 6) is 1.02. The monoisotopic (exact) mass is 307 g/mol. The molecular formula is C15H17NO4S. The van der Waals surface area contributed by atoms with E-state index in [1.54, 1.807) is 42.5 Å². The van der Waals surface area contributed by atoms with Crippen LogP contribution in [0, 0.1) is 6.92 Å². The van der Waals surface area contributed by atoms with Crippen molar-refractivity contribution in [3.8, 4) is 11.5 Å². The van der Waals surface area contributed by atoms with Crippen molar-refractivity contribution >= 4 is 15.7 Å². The molecule has 21 heavy (non-hydrogen) atoms. The molecule has 0 aromatic heterocycles. The molecule has 5 nitrogen and oxygen atoms in total. The van der Waals surface area contributed by atoms with Crippen LogP contribution in [0.5, 0.6) is 11.5 Å². The Morgan fingerprint density at radius 3 is 1.90 bits per heavy atom. The molecule has 2 rings (SSSR count). The van der Waals surface area contributed by atoms with Gasteiger partial charge in [-0.1, -0.05) is 17.7 Å². The van der Waals surface area contributed by atoms with Gasteiger partial charge in [-0.25, -0.2) is 8.42 Å². The predicted molar refractivity (Wildman–Crippen MR) is 81.5 cm³/mol. The first-order valence-electron chi connectivity index (χ1n) is 6.27. The average Bonchev–Trinajstić information content (AvgIpc) is 2.46. The summed E-state index contributed by atoms with van der Waals surface area (Å²) in [6.07, 6.45) is 0. The van der Waals surface area contributed by atoms with Crippen molar-refractivity contribution in [3.05, 3.63) is 48.0 Å². The molecule has 0 saturated carbocycles. The number of rotatable bonds is 5. The largest absolute Gasteiger partial charge is 0.497 e. The summed E-state index contributed by atoms with van der Waals surface area (Å²) in [5.41, 5.74) is 1.38. The van der Waals surface area contributed by atoms with Crippen LogP contribution in [-0.2, 0) is 10.0 Å². The van der Waals surface area contributed by atoms with Crippen molar-refractivity contribution in [2.75, 3.05) is 18.9 Å². The first kappa shape index (κ1) is 15.2. The number of aryl methyl sites for hydroxylation is 1. The summed E-state index contributed by atoms with van der Waals surface area (Å²) >= 11 is 0. The summed E-state index contributed by atoms with van der Waals surface area (Å²) in [5, 5.41) is 0. The van der Waals surface area contributed by atoms with Gasteiger partial charge in [-0.2, -0.15) is 0 Å². The summed E-state index contributed by atoms with van der Waals surface area (Å²) in [6, 6.07) is 11.5. The van der Waals surface area contributed by atoms with E-state index in [-0.39, 0.29) is 4.90 Å². The van der Waals surface area contributed by atoms with E-state index in [9.17, 15) is 8.42 Å². The third kappa shape index (κ3) is 3.66. The maximum Gasteiger partial charge on any atom is 0.261 e. The van der Waals surface area contributed by atoms with Crippen molar-refractivity contribution < 1.29 is 17.9 Å². The zero-order chi connectivity index (χ0) is 15.5. The minimum atomic E-state index is -3.64. The van der Waals surface area contributed by atoms with E-state index in [0.29, 0.717) is 17.2 Å². The van der Waals surface area contributed by atoms with Crippen LogP contribution in [0.2, 0.25) is 0 Å². The van der Waals surface area contributed by atoms with Crippen molar-refractivity contribution in [3.63, 3.8) is 0 Å². The Kier molecular flexibility index (Phi) is 4.37. The highest BCUT2D eigenvalue weighted by Gasteiger charge is 2.15. The number of methoxy groups -OCH3 is 2. The molecule has 0 radical (unpaired) electrons. The Morgan fingerprint density at radius 1 is 0.905 bits per heavy atom. The van der Waals surface area contributed by atoms with Crippen LogP contribution < -0.4 is 14.2 Å². The van der Waals surface area contributed by atoms with E-state index < -0.39 is 10.0 Å². The molecule has 0 bridgehead atoms. The normalized spacial score (nSPS) is 11.0. The lowest BCUT2D eigenvalue weighted by Crippen LogP contribution is -2.13. The van der Waals surface area contributed by atoms with Crippen molar-refractivity contribution in [2.24, 2.45) is 0 Å². The minimum Gasteiger partial charge on any atom is -0.497 e. The maximum atomic E-state index is 12.3. The Bertz CT molecular complexity index is 702. The molecule has 0 unspecified atom stereocenters. The second kappa shape index (κ2) is 6.05. The smallest absolute Gasteiger partial charge is 0.261 e. The van der Waals surface area contributed by atoms with Gasteiger partial charge in [0.2, 0.25) is 0 Å². The molecule has 2 aromatic carbocycles. The molecule has 112 valence electrons. The van der Waals surface area contributed by atoms with E-state index in [1.165, 1.54) is 14.2 Å². The summed E-state index contributed by atoms with van der Waals surface area (Å²) in [7, 11) is -0.627. The van der Waals surface area contributed by atoms with Crippen molar-refractivity contribution in [1.29, 1.82) is 0 Å². The second-order valence-corrected chi connectivity index (χ2v) is 6.20. The molecule has 0 aliphatic heterocycles. The van der Waals surface area contributed by atoms with Gasteiger partial charge in [-0.3, -0.25) is 4.72 Å². The van der Waals surface area contributed by atoms with Gasteiger partial charge in [-0.15, -0.1) is 0 Å². The summed E-state index contributed by atoms with van der Waals surface area (Å²) < 4.78 is 37.4. The van der Waals surface area contributed by atoms with Crippen LogP contribution in [0.4, 0.5) is 5.69 Å². The summed E-state index contributed by atoms with van der Waals surface area (Å²) in [4.78, 5) is 0.204. The van der Waals surface area contributed by atoms with E-state index in [1.807, 2.05) is 6.92 Å². The fourth-order valence-electron chi connectivity index (χ4n) is 1.80. The molecule has 0 fully saturated rings. The molecule has 0 atom stereocenters. The zero-order valence-corrected chi connectivity index (χ0v) is 12.9. The van der Waals surface area contributed by atoms with Crippen LogP contribution in [0.3, 0.4) is 0 Å². The quantitative estimate of drug-likeness (QED) is 0.922. The molecule has 2 aromatic rings. The van der Waals surface area contributed by atoms with Gasteiger partial charge in [0.1, 0.15) is 11.5 Å². The zero-order valence-electron chi connectivity index (χ0n) is 12.1. The van der Waals surface area contributed by atoms with Gasteiger partial charge in [0.25, 0.3) is 10.0 Å². The number of nitrogens with one attached hydrogen (secondary N) is 1. The number of benzene rings is 2. The second-order valence-electron chi connectivity index (χ2n) is 4.52. The predicted octanol–water partition coefficient (Wildman–Crippen LogP) is 2.81. The molecule has 0 saturated heterocycles. The lowest BCUT2D eigenvalue weighted by Gasteiger charge is -2.11. The highest BCUT2D eigenvalue weighted by molar-refractivity contribution is 7.92. The standard InChI is InChI=1S/C15H17NO4S/c1-11-4-6-15(7-5-11)21(17,18)16-12-8-13(19-2)10-14(9-12)20-3/h4-10,16H,1-3H3. The highest BCUT2D eigenvalue weighted by Crippen LogP contribution is 2.27. The lowest BCUT2D eigenvalue weighted by molar-refractivity contribution is 0.395. The SMILES string of the molecule is COc1cc(NS(=O)(=O)c2ccc(C)cc2)cc(OC)c1. The van der Waals surface area contributed by atoms with Crippen LogP contribution >= 0.6 is 0 Å². The molecule has 0 heterocycles. The maximum absolute atomic E-state index is 12.3. The van der Waals surface area contributed by atoms with Gasteiger partial charge < -0.3 is 9.47 Å².